The van der Waals surface area contributed by atoms with Crippen LogP contribution in [-0.2, 0) is 0 Å². The lowest BCUT2D eigenvalue weighted by molar-refractivity contribution is 1.23. The summed E-state index contributed by atoms with van der Waals surface area (Å²) in [5.41, 5.74) is 15.0. The Kier molecular flexibility index (Phi) is 4.85. The van der Waals surface area contributed by atoms with E-state index in [1.54, 1.807) is 12.1 Å². The molecule has 0 spiro atoms. The van der Waals surface area contributed by atoms with Crippen molar-refractivity contribution in [3.63, 3.8) is 0 Å². The molecule has 5 nitrogen and oxygen atoms in total. The lowest BCUT2D eigenvalue weighted by Gasteiger charge is -2.03. The molecule has 0 aliphatic rings. The van der Waals surface area contributed by atoms with Gasteiger partial charge in [0.15, 0.2) is 11.6 Å². The van der Waals surface area contributed by atoms with E-state index >= 15 is 0 Å². The minimum absolute atomic E-state index is 0.403. The number of nitrogens with zero attached hydrogens (tertiary/aromatic N) is 3. The van der Waals surface area contributed by atoms with Gasteiger partial charge in [-0.25, -0.2) is 15.0 Å². The SMILES string of the molecule is Cc1ccc(/C(N)=N/c2cccc(N=C(N)c3ccccc3)n2)cc1. The summed E-state index contributed by atoms with van der Waals surface area (Å²) in [6, 6.07) is 22.8. The van der Waals surface area contributed by atoms with E-state index in [9.17, 15) is 0 Å². The van der Waals surface area contributed by atoms with Crippen LogP contribution in [0, 0.1) is 6.92 Å². The topological polar surface area (TPSA) is 89.6 Å². The van der Waals surface area contributed by atoms with Gasteiger partial charge in [-0.05, 0) is 19.1 Å². The van der Waals surface area contributed by atoms with E-state index in [4.69, 9.17) is 11.5 Å². The Morgan fingerprint density at radius 3 is 1.76 bits per heavy atom. The van der Waals surface area contributed by atoms with Crippen molar-refractivity contribution in [2.45, 2.75) is 6.92 Å². The summed E-state index contributed by atoms with van der Waals surface area (Å²) in [7, 11) is 0. The predicted molar refractivity (Wildman–Crippen MR) is 103 cm³/mol. The predicted octanol–water partition coefficient (Wildman–Crippen LogP) is 3.46. The molecule has 0 saturated carbocycles. The van der Waals surface area contributed by atoms with Crippen molar-refractivity contribution in [2.75, 3.05) is 0 Å². The van der Waals surface area contributed by atoms with Crippen LogP contribution in [0.5, 0.6) is 0 Å². The molecule has 0 amide bonds. The van der Waals surface area contributed by atoms with Crippen LogP contribution in [0.15, 0.2) is 82.8 Å². The van der Waals surface area contributed by atoms with Gasteiger partial charge >= 0.3 is 0 Å². The van der Waals surface area contributed by atoms with Gasteiger partial charge in [0.1, 0.15) is 11.7 Å². The summed E-state index contributed by atoms with van der Waals surface area (Å²) in [5, 5.41) is 0. The van der Waals surface area contributed by atoms with E-state index in [-0.39, 0.29) is 0 Å². The number of aliphatic imine (C=N–C) groups is 2. The highest BCUT2D eigenvalue weighted by molar-refractivity contribution is 5.99. The highest BCUT2D eigenvalue weighted by atomic mass is 15.0. The first-order valence-electron chi connectivity index (χ1n) is 7.90. The van der Waals surface area contributed by atoms with Gasteiger partial charge in [-0.3, -0.25) is 0 Å². The second kappa shape index (κ2) is 7.40. The molecule has 0 fully saturated rings. The summed E-state index contributed by atoms with van der Waals surface area (Å²) in [6.07, 6.45) is 0. The van der Waals surface area contributed by atoms with E-state index in [1.807, 2.05) is 67.6 Å². The first-order valence-corrected chi connectivity index (χ1v) is 7.90. The molecule has 3 aromatic rings. The van der Waals surface area contributed by atoms with Crippen LogP contribution in [0.1, 0.15) is 16.7 Å². The molecule has 4 N–H and O–H groups in total. The van der Waals surface area contributed by atoms with Crippen molar-refractivity contribution < 1.29 is 0 Å². The highest BCUT2D eigenvalue weighted by Gasteiger charge is 2.02. The molecule has 0 aliphatic carbocycles. The van der Waals surface area contributed by atoms with Gasteiger partial charge in [0.25, 0.3) is 0 Å². The fourth-order valence-electron chi connectivity index (χ4n) is 2.25. The summed E-state index contributed by atoms with van der Waals surface area (Å²) in [4.78, 5) is 13.1. The Balaban J connectivity index is 1.86. The van der Waals surface area contributed by atoms with Crippen molar-refractivity contribution in [1.82, 2.24) is 4.98 Å². The van der Waals surface area contributed by atoms with Crippen LogP contribution in [0.4, 0.5) is 11.6 Å². The Labute approximate surface area is 146 Å². The molecule has 1 aromatic heterocycles. The minimum Gasteiger partial charge on any atom is -0.383 e. The minimum atomic E-state index is 0.403. The van der Waals surface area contributed by atoms with Gasteiger partial charge in [0.05, 0.1) is 0 Å². The zero-order chi connectivity index (χ0) is 17.6. The van der Waals surface area contributed by atoms with Crippen LogP contribution in [0.25, 0.3) is 0 Å². The number of amidine groups is 2. The molecule has 3 rings (SSSR count). The summed E-state index contributed by atoms with van der Waals surface area (Å²) >= 11 is 0. The first-order chi connectivity index (χ1) is 12.1. The molecule has 0 radical (unpaired) electrons. The standard InChI is InChI=1S/C20H19N5/c1-14-10-12-16(13-11-14)20(22)25-18-9-5-8-17(23-18)24-19(21)15-6-3-2-4-7-15/h2-13H,1H3,(H4,21,22,23,24,25). The number of hydrogen-bond acceptors (Lipinski definition) is 3. The molecule has 2 aromatic carbocycles. The average Bonchev–Trinajstić information content (AvgIpc) is 2.63. The van der Waals surface area contributed by atoms with Gasteiger partial charge in [-0.2, -0.15) is 0 Å². The molecular weight excluding hydrogens is 310 g/mol. The van der Waals surface area contributed by atoms with Crippen LogP contribution in [0.3, 0.4) is 0 Å². The molecule has 0 aliphatic heterocycles. The second-order valence-corrected chi connectivity index (χ2v) is 5.58. The smallest absolute Gasteiger partial charge is 0.156 e. The van der Waals surface area contributed by atoms with Crippen LogP contribution < -0.4 is 11.5 Å². The Morgan fingerprint density at radius 2 is 1.20 bits per heavy atom. The van der Waals surface area contributed by atoms with Gasteiger partial charge < -0.3 is 11.5 Å². The van der Waals surface area contributed by atoms with Crippen molar-refractivity contribution in [1.29, 1.82) is 0 Å². The molecule has 0 unspecified atom stereocenters. The zero-order valence-electron chi connectivity index (χ0n) is 13.9. The summed E-state index contributed by atoms with van der Waals surface area (Å²) < 4.78 is 0. The summed E-state index contributed by atoms with van der Waals surface area (Å²) in [6.45, 7) is 2.03. The maximum Gasteiger partial charge on any atom is 0.156 e. The number of aryl methyl sites for hydroxylation is 1. The van der Waals surface area contributed by atoms with E-state index in [1.165, 1.54) is 5.56 Å². The monoisotopic (exact) mass is 329 g/mol. The van der Waals surface area contributed by atoms with Crippen molar-refractivity contribution >= 4 is 23.3 Å². The third-order valence-corrected chi connectivity index (χ3v) is 3.61. The number of aromatic nitrogens is 1. The van der Waals surface area contributed by atoms with Crippen molar-refractivity contribution in [3.8, 4) is 0 Å². The number of nitrogens with two attached hydrogens (primary N) is 2. The molecule has 1 heterocycles. The number of hydrogen-bond donors (Lipinski definition) is 2. The molecule has 124 valence electrons. The molecular formula is C20H19N5. The fourth-order valence-corrected chi connectivity index (χ4v) is 2.25. The fraction of sp³-hybridized carbons (Fsp3) is 0.0500. The number of rotatable bonds is 4. The van der Waals surface area contributed by atoms with E-state index < -0.39 is 0 Å². The first kappa shape index (κ1) is 16.4. The largest absolute Gasteiger partial charge is 0.383 e. The van der Waals surface area contributed by atoms with Gasteiger partial charge in [-0.1, -0.05) is 66.2 Å². The maximum absolute atomic E-state index is 6.07. The molecule has 5 heteroatoms. The van der Waals surface area contributed by atoms with Crippen LogP contribution in [0.2, 0.25) is 0 Å². The third-order valence-electron chi connectivity index (χ3n) is 3.61. The lowest BCUT2D eigenvalue weighted by Crippen LogP contribution is -2.13. The third kappa shape index (κ3) is 4.29. The normalized spacial score (nSPS) is 12.2. The molecule has 0 atom stereocenters. The van der Waals surface area contributed by atoms with Crippen LogP contribution in [-0.4, -0.2) is 16.7 Å². The Morgan fingerprint density at radius 1 is 0.680 bits per heavy atom. The number of pyridine rings is 1. The highest BCUT2D eigenvalue weighted by Crippen LogP contribution is 2.16. The van der Waals surface area contributed by atoms with Gasteiger partial charge in [0, 0.05) is 11.1 Å². The molecule has 0 bridgehead atoms. The van der Waals surface area contributed by atoms with Gasteiger partial charge in [0.2, 0.25) is 0 Å². The van der Waals surface area contributed by atoms with Crippen molar-refractivity contribution in [2.24, 2.45) is 21.5 Å². The quantitative estimate of drug-likeness (QED) is 0.567. The van der Waals surface area contributed by atoms with Crippen LogP contribution >= 0.6 is 0 Å². The second-order valence-electron chi connectivity index (χ2n) is 5.58. The Bertz CT molecular complexity index is 912. The number of benzene rings is 2. The summed E-state index contributed by atoms with van der Waals surface area (Å²) in [5.74, 6) is 1.78. The van der Waals surface area contributed by atoms with E-state index in [0.29, 0.717) is 23.3 Å². The maximum atomic E-state index is 6.07. The zero-order valence-corrected chi connectivity index (χ0v) is 13.9. The van der Waals surface area contributed by atoms with E-state index in [2.05, 4.69) is 15.0 Å². The lowest BCUT2D eigenvalue weighted by atomic mass is 10.1. The molecule has 0 saturated heterocycles. The van der Waals surface area contributed by atoms with Gasteiger partial charge in [-0.15, -0.1) is 0 Å². The average molecular weight is 329 g/mol. The van der Waals surface area contributed by atoms with Crippen molar-refractivity contribution in [3.05, 3.63) is 89.5 Å². The van der Waals surface area contributed by atoms with E-state index in [0.717, 1.165) is 11.1 Å². The Hall–Kier alpha value is -3.47. The molecule has 25 heavy (non-hydrogen) atoms.